The molecular weight excluding hydrogens is 176 g/mol. The van der Waals surface area contributed by atoms with E-state index in [1.165, 1.54) is 0 Å². The molecule has 0 aliphatic carbocycles. The number of aryl methyl sites for hydroxylation is 1. The van der Waals surface area contributed by atoms with Gasteiger partial charge in [0.25, 0.3) is 0 Å². The van der Waals surface area contributed by atoms with Gasteiger partial charge >= 0.3 is 0 Å². The average Bonchev–Trinajstić information content (AvgIpc) is 2.57. The highest BCUT2D eigenvalue weighted by atomic mass is 16.5. The van der Waals surface area contributed by atoms with Gasteiger partial charge in [0, 0.05) is 6.42 Å². The van der Waals surface area contributed by atoms with Gasteiger partial charge in [-0.05, 0) is 12.8 Å². The Balaban J connectivity index is 0. The van der Waals surface area contributed by atoms with E-state index in [1.54, 1.807) is 0 Å². The molecule has 14 heavy (non-hydrogen) atoms. The Morgan fingerprint density at radius 3 is 1.93 bits per heavy atom. The van der Waals surface area contributed by atoms with E-state index < -0.39 is 0 Å². The van der Waals surface area contributed by atoms with Crippen molar-refractivity contribution in [2.24, 2.45) is 5.92 Å². The minimum absolute atomic E-state index is 0.583. The lowest BCUT2D eigenvalue weighted by Crippen LogP contribution is -1.93. The molecule has 0 aromatic carbocycles. The van der Waals surface area contributed by atoms with Crippen LogP contribution in [0, 0.1) is 12.8 Å². The molecule has 0 bridgehead atoms. The first-order valence-electron chi connectivity index (χ1n) is 5.47. The van der Waals surface area contributed by atoms with Gasteiger partial charge in [-0.3, -0.25) is 0 Å². The Hall–Kier alpha value is -0.860. The van der Waals surface area contributed by atoms with Crippen LogP contribution in [-0.2, 0) is 6.42 Å². The molecule has 0 spiro atoms. The second kappa shape index (κ2) is 10.2. The molecule has 0 saturated carbocycles. The van der Waals surface area contributed by atoms with Crippen LogP contribution in [0.15, 0.2) is 4.52 Å². The second-order valence-electron chi connectivity index (χ2n) is 2.83. The molecule has 0 atom stereocenters. The van der Waals surface area contributed by atoms with Crippen molar-refractivity contribution in [2.75, 3.05) is 0 Å². The fourth-order valence-electron chi connectivity index (χ4n) is 0.772. The van der Waals surface area contributed by atoms with Crippen LogP contribution in [0.3, 0.4) is 0 Å². The number of rotatable bonds is 2. The molecule has 1 rings (SSSR count). The number of hydrogen-bond donors (Lipinski definition) is 0. The smallest absolute Gasteiger partial charge is 0.226 e. The molecule has 0 unspecified atom stereocenters. The topological polar surface area (TPSA) is 38.9 Å². The predicted molar refractivity (Wildman–Crippen MR) is 60.3 cm³/mol. The van der Waals surface area contributed by atoms with Crippen LogP contribution in [0.5, 0.6) is 0 Å². The summed E-state index contributed by atoms with van der Waals surface area (Å²) >= 11 is 0. The van der Waals surface area contributed by atoms with Crippen molar-refractivity contribution >= 4 is 0 Å². The van der Waals surface area contributed by atoms with Gasteiger partial charge in [0.1, 0.15) is 0 Å². The maximum absolute atomic E-state index is 4.91. The molecule has 1 aromatic rings. The Morgan fingerprint density at radius 2 is 1.64 bits per heavy atom. The summed E-state index contributed by atoms with van der Waals surface area (Å²) in [7, 11) is 0. The molecule has 84 valence electrons. The molecule has 0 aliphatic rings. The quantitative estimate of drug-likeness (QED) is 0.731. The summed E-state index contributed by atoms with van der Waals surface area (Å²) in [4.78, 5) is 4.07. The van der Waals surface area contributed by atoms with Gasteiger partial charge in [-0.2, -0.15) is 4.98 Å². The molecule has 1 aromatic heterocycles. The van der Waals surface area contributed by atoms with Crippen molar-refractivity contribution in [3.63, 3.8) is 0 Å². The van der Waals surface area contributed by atoms with Crippen molar-refractivity contribution in [2.45, 2.75) is 54.9 Å². The van der Waals surface area contributed by atoms with E-state index in [0.29, 0.717) is 5.92 Å². The summed E-state index contributed by atoms with van der Waals surface area (Å²) < 4.78 is 4.91. The van der Waals surface area contributed by atoms with Gasteiger partial charge < -0.3 is 4.52 Å². The zero-order valence-corrected chi connectivity index (χ0v) is 10.6. The summed E-state index contributed by atoms with van der Waals surface area (Å²) in [5.41, 5.74) is 0. The fraction of sp³-hybridized carbons (Fsp3) is 0.818. The zero-order valence-electron chi connectivity index (χ0n) is 10.6. The fourth-order valence-corrected chi connectivity index (χ4v) is 0.772. The lowest BCUT2D eigenvalue weighted by atomic mass is 10.1. The number of aromatic nitrogens is 2. The molecule has 0 fully saturated rings. The molecule has 0 N–H and O–H groups in total. The first-order chi connectivity index (χ1) is 6.68. The van der Waals surface area contributed by atoms with Gasteiger partial charge in [0.2, 0.25) is 5.89 Å². The van der Waals surface area contributed by atoms with E-state index in [0.717, 1.165) is 18.1 Å². The third kappa shape index (κ3) is 7.77. The molecule has 3 heteroatoms. The Labute approximate surface area is 87.9 Å². The largest absolute Gasteiger partial charge is 0.339 e. The Kier molecular flexibility index (Phi) is 11.4. The zero-order chi connectivity index (χ0) is 11.6. The summed E-state index contributed by atoms with van der Waals surface area (Å²) in [6.45, 7) is 14.1. The van der Waals surface area contributed by atoms with Gasteiger partial charge in [-0.25, -0.2) is 0 Å². The molecule has 3 nitrogen and oxygen atoms in total. The van der Waals surface area contributed by atoms with E-state index in [-0.39, 0.29) is 0 Å². The summed E-state index contributed by atoms with van der Waals surface area (Å²) in [5, 5.41) is 3.68. The molecule has 1 heterocycles. The standard InChI is InChI=1S/C7H12N2O.2C2H6/c1-5(2)4-7-8-6(3)9-10-7;2*1-2/h5H,4H2,1-3H3;2*1-2H3. The van der Waals surface area contributed by atoms with Gasteiger partial charge in [0.05, 0.1) is 0 Å². The van der Waals surface area contributed by atoms with Crippen LogP contribution in [0.1, 0.15) is 53.3 Å². The van der Waals surface area contributed by atoms with E-state index in [9.17, 15) is 0 Å². The van der Waals surface area contributed by atoms with E-state index in [2.05, 4.69) is 24.0 Å². The first-order valence-corrected chi connectivity index (χ1v) is 5.47. The van der Waals surface area contributed by atoms with Gasteiger partial charge in [0.15, 0.2) is 5.82 Å². The number of hydrogen-bond acceptors (Lipinski definition) is 3. The lowest BCUT2D eigenvalue weighted by molar-refractivity contribution is 0.360. The van der Waals surface area contributed by atoms with Gasteiger partial charge in [-0.1, -0.05) is 46.7 Å². The summed E-state index contributed by atoms with van der Waals surface area (Å²) in [5.74, 6) is 2.04. The highest BCUT2D eigenvalue weighted by molar-refractivity contribution is 4.83. The van der Waals surface area contributed by atoms with Crippen LogP contribution in [0.2, 0.25) is 0 Å². The van der Waals surface area contributed by atoms with E-state index in [1.807, 2.05) is 34.6 Å². The molecule has 0 radical (unpaired) electrons. The first kappa shape index (κ1) is 15.6. The van der Waals surface area contributed by atoms with E-state index >= 15 is 0 Å². The van der Waals surface area contributed by atoms with Crippen molar-refractivity contribution in [3.05, 3.63) is 11.7 Å². The lowest BCUT2D eigenvalue weighted by Gasteiger charge is -1.95. The highest BCUT2D eigenvalue weighted by Gasteiger charge is 2.03. The maximum Gasteiger partial charge on any atom is 0.226 e. The third-order valence-electron chi connectivity index (χ3n) is 1.15. The minimum Gasteiger partial charge on any atom is -0.339 e. The van der Waals surface area contributed by atoms with Crippen LogP contribution < -0.4 is 0 Å². The summed E-state index contributed by atoms with van der Waals surface area (Å²) in [6.07, 6.45) is 0.876. The van der Waals surface area contributed by atoms with E-state index in [4.69, 9.17) is 4.52 Å². The maximum atomic E-state index is 4.91. The third-order valence-corrected chi connectivity index (χ3v) is 1.15. The molecule has 0 saturated heterocycles. The average molecular weight is 200 g/mol. The van der Waals surface area contributed by atoms with Crippen molar-refractivity contribution in [3.8, 4) is 0 Å². The SMILES string of the molecule is CC.CC.Cc1noc(CC(C)C)n1. The van der Waals surface area contributed by atoms with Gasteiger partial charge in [-0.15, -0.1) is 0 Å². The highest BCUT2D eigenvalue weighted by Crippen LogP contribution is 2.04. The van der Waals surface area contributed by atoms with Crippen LogP contribution >= 0.6 is 0 Å². The summed E-state index contributed by atoms with van der Waals surface area (Å²) in [6, 6.07) is 0. The Morgan fingerprint density at radius 1 is 1.14 bits per heavy atom. The van der Waals surface area contributed by atoms with Crippen molar-refractivity contribution < 1.29 is 4.52 Å². The monoisotopic (exact) mass is 200 g/mol. The molecule has 0 amide bonds. The van der Waals surface area contributed by atoms with Crippen molar-refractivity contribution in [1.29, 1.82) is 0 Å². The minimum atomic E-state index is 0.583. The normalized spacial score (nSPS) is 8.57. The Bertz CT molecular complexity index is 207. The van der Waals surface area contributed by atoms with Crippen LogP contribution in [0.25, 0.3) is 0 Å². The molecule has 0 aliphatic heterocycles. The van der Waals surface area contributed by atoms with Crippen molar-refractivity contribution in [1.82, 2.24) is 10.1 Å². The predicted octanol–water partition coefficient (Wildman–Crippen LogP) is 3.63. The van der Waals surface area contributed by atoms with Crippen LogP contribution in [-0.4, -0.2) is 10.1 Å². The second-order valence-corrected chi connectivity index (χ2v) is 2.83. The number of nitrogens with zero attached hydrogens (tertiary/aromatic N) is 2. The molecular formula is C11H24N2O. The van der Waals surface area contributed by atoms with Crippen LogP contribution in [0.4, 0.5) is 0 Å².